The van der Waals surface area contributed by atoms with Crippen molar-refractivity contribution in [3.63, 3.8) is 0 Å². The van der Waals surface area contributed by atoms with E-state index in [1.54, 1.807) is 30.3 Å². The molecule has 1 saturated carbocycles. The van der Waals surface area contributed by atoms with Crippen molar-refractivity contribution in [3.8, 4) is 0 Å². The van der Waals surface area contributed by atoms with Gasteiger partial charge in [0.2, 0.25) is 0 Å². The number of aliphatic imine (C=N–C) groups is 1. The summed E-state index contributed by atoms with van der Waals surface area (Å²) in [6, 6.07) is 16.3. The summed E-state index contributed by atoms with van der Waals surface area (Å²) in [6.07, 6.45) is 1.92. The van der Waals surface area contributed by atoms with E-state index in [0.29, 0.717) is 5.69 Å². The molecule has 0 saturated heterocycles. The molecule has 0 aromatic heterocycles. The zero-order valence-electron chi connectivity index (χ0n) is 15.9. The molecule has 0 unspecified atom stereocenters. The Morgan fingerprint density at radius 3 is 2.21 bits per heavy atom. The largest absolute Gasteiger partial charge is 0.433 e. The van der Waals surface area contributed by atoms with Crippen molar-refractivity contribution >= 4 is 23.2 Å². The minimum Gasteiger partial charge on any atom is -0.244 e. The molecule has 1 fully saturated rings. The lowest BCUT2D eigenvalue weighted by Crippen LogP contribution is -2.22. The number of hydrogen-bond acceptors (Lipinski definition) is 2. The first-order valence-corrected chi connectivity index (χ1v) is 10.4. The van der Waals surface area contributed by atoms with Gasteiger partial charge < -0.3 is 0 Å². The van der Waals surface area contributed by atoms with Crippen LogP contribution < -0.4 is 0 Å². The van der Waals surface area contributed by atoms with Gasteiger partial charge in [0, 0.05) is 4.90 Å². The number of alkyl halides is 3. The van der Waals surface area contributed by atoms with Gasteiger partial charge in [-0.3, -0.25) is 0 Å². The van der Waals surface area contributed by atoms with Crippen LogP contribution in [0.25, 0.3) is 0 Å². The van der Waals surface area contributed by atoms with Gasteiger partial charge >= 0.3 is 6.18 Å². The zero-order valence-corrected chi connectivity index (χ0v) is 16.7. The van der Waals surface area contributed by atoms with E-state index in [1.807, 2.05) is 31.2 Å². The number of hydrogen-bond donors (Lipinski definition) is 0. The molecule has 0 radical (unpaired) electrons. The van der Waals surface area contributed by atoms with Crippen LogP contribution in [-0.4, -0.2) is 11.9 Å². The molecule has 0 N–H and O–H groups in total. The van der Waals surface area contributed by atoms with E-state index in [1.165, 1.54) is 17.8 Å². The molecule has 3 rings (SSSR count). The summed E-state index contributed by atoms with van der Waals surface area (Å²) in [5.41, 5.74) is 0.613. The van der Waals surface area contributed by atoms with Crippen molar-refractivity contribution in [1.29, 1.82) is 0 Å². The molecule has 0 aliphatic heterocycles. The van der Waals surface area contributed by atoms with E-state index >= 15 is 0 Å². The van der Waals surface area contributed by atoms with Crippen LogP contribution in [0.15, 0.2) is 75.5 Å². The Labute approximate surface area is 168 Å². The van der Waals surface area contributed by atoms with Crippen LogP contribution in [0.4, 0.5) is 18.9 Å². The summed E-state index contributed by atoms with van der Waals surface area (Å²) >= 11 is 1.44. The summed E-state index contributed by atoms with van der Waals surface area (Å²) in [4.78, 5) is 5.64. The molecule has 0 amide bonds. The van der Waals surface area contributed by atoms with Gasteiger partial charge in [-0.05, 0) is 60.9 Å². The van der Waals surface area contributed by atoms with Crippen molar-refractivity contribution in [2.75, 3.05) is 0 Å². The van der Waals surface area contributed by atoms with Gasteiger partial charge in [0.25, 0.3) is 0 Å². The second kappa shape index (κ2) is 9.46. The Hall–Kier alpha value is -2.01. The average molecular weight is 404 g/mol. The smallest absolute Gasteiger partial charge is 0.244 e. The van der Waals surface area contributed by atoms with E-state index in [4.69, 9.17) is 0 Å². The standard InChI is InChI=1S/C23H24F3NS/c1-17-12-14-20(15-13-17)28-21(18-8-4-2-5-9-18)16-22(23(24,25)26)27-19-10-6-3-7-11-19/h3,6-7,10-16,18H,2,4-5,8-9H2,1H3/b21-16-,27-22?. The number of para-hydroxylation sites is 1. The molecule has 1 nitrogen and oxygen atoms in total. The Morgan fingerprint density at radius 1 is 0.964 bits per heavy atom. The van der Waals surface area contributed by atoms with Crippen LogP contribution in [0.2, 0.25) is 0 Å². The average Bonchev–Trinajstić information content (AvgIpc) is 2.69. The predicted octanol–water partition coefficient (Wildman–Crippen LogP) is 7.89. The second-order valence-corrected chi connectivity index (χ2v) is 8.27. The Balaban J connectivity index is 1.98. The van der Waals surface area contributed by atoms with Gasteiger partial charge in [0.15, 0.2) is 0 Å². The highest BCUT2D eigenvalue weighted by molar-refractivity contribution is 8.03. The molecule has 1 aliphatic rings. The lowest BCUT2D eigenvalue weighted by atomic mass is 9.88. The number of aryl methyl sites for hydroxylation is 1. The monoisotopic (exact) mass is 403 g/mol. The highest BCUT2D eigenvalue weighted by Crippen LogP contribution is 2.40. The quantitative estimate of drug-likeness (QED) is 0.365. The zero-order chi connectivity index (χ0) is 20.0. The summed E-state index contributed by atoms with van der Waals surface area (Å²) in [5, 5.41) is 0. The number of allylic oxidation sites excluding steroid dienone is 2. The fourth-order valence-electron chi connectivity index (χ4n) is 3.31. The molecular formula is C23H24F3NS. The van der Waals surface area contributed by atoms with Crippen molar-refractivity contribution in [2.24, 2.45) is 10.9 Å². The first-order valence-electron chi connectivity index (χ1n) is 9.59. The molecule has 2 aromatic rings. The third-order valence-electron chi connectivity index (χ3n) is 4.84. The molecule has 0 spiro atoms. The van der Waals surface area contributed by atoms with Crippen LogP contribution in [-0.2, 0) is 0 Å². The van der Waals surface area contributed by atoms with E-state index in [0.717, 1.165) is 47.5 Å². The van der Waals surface area contributed by atoms with Gasteiger partial charge in [0.05, 0.1) is 5.69 Å². The first-order chi connectivity index (χ1) is 13.4. The molecular weight excluding hydrogens is 379 g/mol. The van der Waals surface area contributed by atoms with Crippen molar-refractivity contribution < 1.29 is 13.2 Å². The number of thioether (sulfide) groups is 1. The topological polar surface area (TPSA) is 12.4 Å². The molecule has 148 valence electrons. The highest BCUT2D eigenvalue weighted by Gasteiger charge is 2.35. The van der Waals surface area contributed by atoms with Crippen molar-refractivity contribution in [3.05, 3.63) is 71.1 Å². The van der Waals surface area contributed by atoms with Crippen LogP contribution in [0.5, 0.6) is 0 Å². The third-order valence-corrected chi connectivity index (χ3v) is 6.03. The van der Waals surface area contributed by atoms with Crippen LogP contribution in [0.3, 0.4) is 0 Å². The van der Waals surface area contributed by atoms with Gasteiger partial charge in [-0.1, -0.05) is 66.9 Å². The van der Waals surface area contributed by atoms with E-state index in [9.17, 15) is 13.2 Å². The van der Waals surface area contributed by atoms with Gasteiger partial charge in [-0.15, -0.1) is 0 Å². The molecule has 2 aromatic carbocycles. The Bertz CT molecular complexity index is 817. The number of benzene rings is 2. The highest BCUT2D eigenvalue weighted by atomic mass is 32.2. The summed E-state index contributed by atoms with van der Waals surface area (Å²) in [5.74, 6) is 0.156. The van der Waals surface area contributed by atoms with Crippen molar-refractivity contribution in [2.45, 2.75) is 50.1 Å². The molecule has 0 bridgehead atoms. The van der Waals surface area contributed by atoms with Gasteiger partial charge in [-0.2, -0.15) is 13.2 Å². The van der Waals surface area contributed by atoms with Crippen LogP contribution >= 0.6 is 11.8 Å². The third kappa shape index (κ3) is 5.99. The molecule has 28 heavy (non-hydrogen) atoms. The van der Waals surface area contributed by atoms with E-state index in [-0.39, 0.29) is 5.92 Å². The maximum atomic E-state index is 13.7. The normalized spacial score (nSPS) is 17.0. The van der Waals surface area contributed by atoms with Crippen molar-refractivity contribution in [1.82, 2.24) is 0 Å². The van der Waals surface area contributed by atoms with Gasteiger partial charge in [-0.25, -0.2) is 4.99 Å². The molecule has 1 aliphatic carbocycles. The number of nitrogens with zero attached hydrogens (tertiary/aromatic N) is 1. The van der Waals surface area contributed by atoms with E-state index in [2.05, 4.69) is 4.99 Å². The molecule has 5 heteroatoms. The lowest BCUT2D eigenvalue weighted by Gasteiger charge is -2.24. The van der Waals surface area contributed by atoms with Crippen LogP contribution in [0, 0.1) is 12.8 Å². The summed E-state index contributed by atoms with van der Waals surface area (Å²) < 4.78 is 41.2. The Morgan fingerprint density at radius 2 is 1.61 bits per heavy atom. The predicted molar refractivity (Wildman–Crippen MR) is 111 cm³/mol. The Kier molecular flexibility index (Phi) is 7.00. The maximum absolute atomic E-state index is 13.7. The lowest BCUT2D eigenvalue weighted by molar-refractivity contribution is -0.0576. The summed E-state index contributed by atoms with van der Waals surface area (Å²) in [6.45, 7) is 2.00. The minimum atomic E-state index is -4.50. The first kappa shape index (κ1) is 20.7. The number of halogens is 3. The molecule has 0 heterocycles. The van der Waals surface area contributed by atoms with Crippen LogP contribution in [0.1, 0.15) is 37.7 Å². The van der Waals surface area contributed by atoms with E-state index < -0.39 is 11.9 Å². The second-order valence-electron chi connectivity index (χ2n) is 7.13. The number of rotatable bonds is 5. The fraction of sp³-hybridized carbons (Fsp3) is 0.348. The SMILES string of the molecule is Cc1ccc(S/C(=C\C(=Nc2ccccc2)C(F)(F)F)C2CCCCC2)cc1. The fourth-order valence-corrected chi connectivity index (χ4v) is 4.43. The summed E-state index contributed by atoms with van der Waals surface area (Å²) in [7, 11) is 0. The molecule has 0 atom stereocenters. The minimum absolute atomic E-state index is 0.156. The van der Waals surface area contributed by atoms with Gasteiger partial charge in [0.1, 0.15) is 5.71 Å². The maximum Gasteiger partial charge on any atom is 0.433 e.